The van der Waals surface area contributed by atoms with Crippen molar-refractivity contribution in [2.24, 2.45) is 5.73 Å². The van der Waals surface area contributed by atoms with E-state index in [0.717, 1.165) is 0 Å². The minimum absolute atomic E-state index is 0. The van der Waals surface area contributed by atoms with Crippen molar-refractivity contribution in [1.29, 1.82) is 10.8 Å². The van der Waals surface area contributed by atoms with E-state index in [1.807, 2.05) is 0 Å². The van der Waals surface area contributed by atoms with Crippen molar-refractivity contribution in [2.75, 3.05) is 0 Å². The summed E-state index contributed by atoms with van der Waals surface area (Å²) in [7, 11) is -4.82. The first kappa shape index (κ1) is 12.7. The summed E-state index contributed by atoms with van der Waals surface area (Å²) in [5, 5.41) is 11.3. The fourth-order valence-electron chi connectivity index (χ4n) is 0.135. The summed E-state index contributed by atoms with van der Waals surface area (Å²) < 4.78 is 29.3. The largest absolute Gasteiger partial charge is 1.00 e. The molecule has 0 spiro atoms. The molecule has 0 aromatic heterocycles. The van der Waals surface area contributed by atoms with Crippen LogP contribution < -0.4 is 35.3 Å². The van der Waals surface area contributed by atoms with Gasteiger partial charge < -0.3 is 10.3 Å². The van der Waals surface area contributed by atoms with Gasteiger partial charge in [0, 0.05) is 0 Å². The van der Waals surface area contributed by atoms with E-state index in [1.54, 1.807) is 0 Å². The molecule has 0 aliphatic carbocycles. The standard InChI is InChI=1S/C2H5N3O3S.Na/c3-1(4)2(5)9(6,7)8;/h5H,(H3,3,4)(H,6,7,8);/q;+1/p-1. The number of rotatable bonds is 0. The molecular formula is C2H4N3NaO3S. The van der Waals surface area contributed by atoms with Gasteiger partial charge in [0.25, 0.3) is 0 Å². The van der Waals surface area contributed by atoms with Crippen molar-refractivity contribution < 1.29 is 42.5 Å². The van der Waals surface area contributed by atoms with Gasteiger partial charge in [-0.2, -0.15) is 0 Å². The summed E-state index contributed by atoms with van der Waals surface area (Å²) in [6.07, 6.45) is 0. The molecule has 0 unspecified atom stereocenters. The van der Waals surface area contributed by atoms with Crippen molar-refractivity contribution in [3.8, 4) is 0 Å². The van der Waals surface area contributed by atoms with Gasteiger partial charge in [0.1, 0.15) is 10.1 Å². The molecule has 0 aliphatic rings. The van der Waals surface area contributed by atoms with E-state index < -0.39 is 21.0 Å². The topological polar surface area (TPSA) is 131 Å². The van der Waals surface area contributed by atoms with E-state index in [1.165, 1.54) is 0 Å². The van der Waals surface area contributed by atoms with Crippen LogP contribution in [0.2, 0.25) is 0 Å². The maximum absolute atomic E-state index is 9.77. The molecule has 8 heteroatoms. The number of nitrogens with one attached hydrogen (secondary N) is 2. The van der Waals surface area contributed by atoms with Gasteiger partial charge in [-0.1, -0.05) is 0 Å². The third-order valence-corrected chi connectivity index (χ3v) is 1.21. The molecule has 0 heterocycles. The molecule has 0 saturated carbocycles. The number of nitrogens with two attached hydrogens (primary N) is 1. The molecule has 0 aromatic rings. The van der Waals surface area contributed by atoms with E-state index >= 15 is 0 Å². The van der Waals surface area contributed by atoms with Crippen LogP contribution in [-0.4, -0.2) is 23.8 Å². The van der Waals surface area contributed by atoms with Crippen molar-refractivity contribution in [3.63, 3.8) is 0 Å². The second-order valence-corrected chi connectivity index (χ2v) is 2.51. The van der Waals surface area contributed by atoms with Gasteiger partial charge in [-0.3, -0.25) is 10.8 Å². The molecule has 0 saturated heterocycles. The van der Waals surface area contributed by atoms with Gasteiger partial charge in [0.15, 0.2) is 10.9 Å². The quantitative estimate of drug-likeness (QED) is 0.147. The second kappa shape index (κ2) is 4.04. The van der Waals surface area contributed by atoms with Crippen LogP contribution in [0.25, 0.3) is 0 Å². The van der Waals surface area contributed by atoms with E-state index in [4.69, 9.17) is 10.8 Å². The minimum Gasteiger partial charge on any atom is -0.743 e. The first-order valence-electron chi connectivity index (χ1n) is 1.74. The first-order chi connectivity index (χ1) is 3.85. The van der Waals surface area contributed by atoms with E-state index in [2.05, 4.69) is 5.73 Å². The van der Waals surface area contributed by atoms with Gasteiger partial charge in [-0.05, 0) is 0 Å². The van der Waals surface area contributed by atoms with Gasteiger partial charge in [-0.25, -0.2) is 8.42 Å². The maximum Gasteiger partial charge on any atom is 1.00 e. The van der Waals surface area contributed by atoms with Crippen LogP contribution in [-0.2, 0) is 10.1 Å². The summed E-state index contributed by atoms with van der Waals surface area (Å²) >= 11 is 0. The molecule has 0 bridgehead atoms. The SMILES string of the molecule is N=C(N)C(=N)S(=O)(=O)[O-].[Na+]. The zero-order valence-corrected chi connectivity index (χ0v) is 8.03. The third-order valence-electron chi connectivity index (χ3n) is 0.495. The summed E-state index contributed by atoms with van der Waals surface area (Å²) in [5.41, 5.74) is 4.50. The minimum atomic E-state index is -4.82. The van der Waals surface area contributed by atoms with Crippen LogP contribution in [0.3, 0.4) is 0 Å². The molecule has 0 fully saturated rings. The number of amidine groups is 1. The van der Waals surface area contributed by atoms with Crippen LogP contribution in [0.1, 0.15) is 0 Å². The Bertz CT molecular complexity index is 244. The normalized spacial score (nSPS) is 9.70. The molecule has 4 N–H and O–H groups in total. The summed E-state index contributed by atoms with van der Waals surface area (Å²) in [5.74, 6) is -1.04. The molecule has 0 amide bonds. The summed E-state index contributed by atoms with van der Waals surface area (Å²) in [6.45, 7) is 0. The molecule has 10 heavy (non-hydrogen) atoms. The second-order valence-electron chi connectivity index (χ2n) is 1.20. The van der Waals surface area contributed by atoms with Crippen LogP contribution in [0.5, 0.6) is 0 Å². The van der Waals surface area contributed by atoms with E-state index in [-0.39, 0.29) is 29.6 Å². The van der Waals surface area contributed by atoms with Gasteiger partial charge in [0.2, 0.25) is 0 Å². The fraction of sp³-hybridized carbons (Fsp3) is 0. The maximum atomic E-state index is 9.77. The third kappa shape index (κ3) is 3.96. The monoisotopic (exact) mass is 173 g/mol. The smallest absolute Gasteiger partial charge is 0.743 e. The molecule has 0 rings (SSSR count). The molecule has 52 valence electrons. The van der Waals surface area contributed by atoms with Crippen LogP contribution in [0.15, 0.2) is 0 Å². The Morgan fingerprint density at radius 2 is 1.70 bits per heavy atom. The van der Waals surface area contributed by atoms with Gasteiger partial charge >= 0.3 is 29.6 Å². The molecular weight excluding hydrogens is 169 g/mol. The Hall–Kier alpha value is 0.0500. The number of hydrogen-bond acceptors (Lipinski definition) is 5. The van der Waals surface area contributed by atoms with Crippen molar-refractivity contribution in [3.05, 3.63) is 0 Å². The molecule has 6 nitrogen and oxygen atoms in total. The molecule has 0 aliphatic heterocycles. The van der Waals surface area contributed by atoms with E-state index in [0.29, 0.717) is 0 Å². The predicted octanol–water partition coefficient (Wildman–Crippen LogP) is -4.55. The zero-order chi connectivity index (χ0) is 7.65. The van der Waals surface area contributed by atoms with Crippen molar-refractivity contribution >= 4 is 21.0 Å². The summed E-state index contributed by atoms with van der Waals surface area (Å²) in [6, 6.07) is 0. The van der Waals surface area contributed by atoms with Crippen LogP contribution >= 0.6 is 0 Å². The number of hydrogen-bond donors (Lipinski definition) is 3. The van der Waals surface area contributed by atoms with Crippen LogP contribution in [0, 0.1) is 10.8 Å². The van der Waals surface area contributed by atoms with E-state index in [9.17, 15) is 13.0 Å². The average Bonchev–Trinajstić information content (AvgIpc) is 1.62. The molecule has 0 radical (unpaired) electrons. The van der Waals surface area contributed by atoms with Crippen molar-refractivity contribution in [2.45, 2.75) is 0 Å². The molecule has 0 atom stereocenters. The fourth-order valence-corrected chi connectivity index (χ4v) is 0.404. The molecule has 0 aromatic carbocycles. The Kier molecular flexibility index (Phi) is 5.13. The first-order valence-corrected chi connectivity index (χ1v) is 3.15. The predicted molar refractivity (Wildman–Crippen MR) is 29.3 cm³/mol. The Labute approximate surface area is 79.9 Å². The van der Waals surface area contributed by atoms with Crippen molar-refractivity contribution in [1.82, 2.24) is 0 Å². The Morgan fingerprint density at radius 1 is 1.40 bits per heavy atom. The van der Waals surface area contributed by atoms with Gasteiger partial charge in [-0.15, -0.1) is 0 Å². The Balaban J connectivity index is 0. The zero-order valence-electron chi connectivity index (χ0n) is 5.21. The average molecular weight is 173 g/mol. The Morgan fingerprint density at radius 3 is 1.70 bits per heavy atom. The van der Waals surface area contributed by atoms with Gasteiger partial charge in [0.05, 0.1) is 0 Å². The van der Waals surface area contributed by atoms with Crippen LogP contribution in [0.4, 0.5) is 0 Å². The summed E-state index contributed by atoms with van der Waals surface area (Å²) in [4.78, 5) is 0.